The number of piperazine rings is 1. The summed E-state index contributed by atoms with van der Waals surface area (Å²) < 4.78 is 39.0. The first-order valence-electron chi connectivity index (χ1n) is 6.57. The molecule has 3 rings (SSSR count). The Morgan fingerprint density at radius 2 is 2.00 bits per heavy atom. The van der Waals surface area contributed by atoms with Crippen molar-refractivity contribution in [1.29, 1.82) is 0 Å². The molecule has 0 unspecified atom stereocenters. The summed E-state index contributed by atoms with van der Waals surface area (Å²) in [6, 6.07) is 3.58. The molecule has 1 aromatic rings. The van der Waals surface area contributed by atoms with Crippen molar-refractivity contribution in [2.75, 3.05) is 18.0 Å². The molecule has 0 spiro atoms. The third-order valence-electron chi connectivity index (χ3n) is 4.15. The average Bonchev–Trinajstić information content (AvgIpc) is 2.64. The number of nitrogens with zero attached hydrogens (tertiary/aromatic N) is 1. The normalized spacial score (nSPS) is 26.3. The van der Waals surface area contributed by atoms with Gasteiger partial charge in [0.05, 0.1) is 5.56 Å². The van der Waals surface area contributed by atoms with Gasteiger partial charge in [-0.25, -0.2) is 0 Å². The third-order valence-corrected chi connectivity index (χ3v) is 4.15. The van der Waals surface area contributed by atoms with Crippen LogP contribution in [0.2, 0.25) is 0 Å². The fourth-order valence-corrected chi connectivity index (χ4v) is 3.34. The second kappa shape index (κ2) is 4.13. The molecule has 1 fully saturated rings. The first-order chi connectivity index (χ1) is 8.88. The number of hydrogen-bond donors (Lipinski definition) is 1. The first-order valence-corrected chi connectivity index (χ1v) is 6.57. The smallest absolute Gasteiger partial charge is 0.363 e. The summed E-state index contributed by atoms with van der Waals surface area (Å²) in [7, 11) is 0. The molecule has 0 amide bonds. The lowest BCUT2D eigenvalue weighted by atomic mass is 10.0. The number of rotatable bonds is 0. The lowest BCUT2D eigenvalue weighted by Crippen LogP contribution is -2.54. The topological polar surface area (TPSA) is 15.3 Å². The predicted molar refractivity (Wildman–Crippen MR) is 68.5 cm³/mol. The van der Waals surface area contributed by atoms with Crippen LogP contribution >= 0.6 is 0 Å². The Hall–Kier alpha value is -1.23. The molecule has 19 heavy (non-hydrogen) atoms. The van der Waals surface area contributed by atoms with Crippen molar-refractivity contribution in [3.8, 4) is 0 Å². The molecule has 1 saturated heterocycles. The Balaban J connectivity index is 2.08. The van der Waals surface area contributed by atoms with E-state index in [1.54, 1.807) is 13.0 Å². The van der Waals surface area contributed by atoms with Gasteiger partial charge in [0.25, 0.3) is 0 Å². The molecule has 0 aromatic heterocycles. The van der Waals surface area contributed by atoms with Crippen LogP contribution < -0.4 is 10.2 Å². The maximum absolute atomic E-state index is 13.0. The van der Waals surface area contributed by atoms with E-state index in [0.717, 1.165) is 30.8 Å². The zero-order chi connectivity index (χ0) is 13.8. The van der Waals surface area contributed by atoms with Crippen molar-refractivity contribution >= 4 is 5.69 Å². The van der Waals surface area contributed by atoms with Crippen LogP contribution in [-0.2, 0) is 12.6 Å². The van der Waals surface area contributed by atoms with Crippen LogP contribution in [0.3, 0.4) is 0 Å². The fourth-order valence-electron chi connectivity index (χ4n) is 3.34. The highest BCUT2D eigenvalue weighted by Crippen LogP contribution is 2.41. The molecule has 1 aromatic carbocycles. The van der Waals surface area contributed by atoms with Crippen molar-refractivity contribution in [2.45, 2.75) is 38.5 Å². The summed E-state index contributed by atoms with van der Waals surface area (Å²) in [5, 5.41) is 3.34. The van der Waals surface area contributed by atoms with Crippen molar-refractivity contribution in [1.82, 2.24) is 5.32 Å². The Kier molecular flexibility index (Phi) is 2.78. The monoisotopic (exact) mass is 270 g/mol. The van der Waals surface area contributed by atoms with E-state index in [1.165, 1.54) is 6.07 Å². The Morgan fingerprint density at radius 1 is 1.26 bits per heavy atom. The van der Waals surface area contributed by atoms with Gasteiger partial charge in [0.15, 0.2) is 0 Å². The molecule has 2 nitrogen and oxygen atoms in total. The number of halogens is 3. The molecule has 2 heterocycles. The summed E-state index contributed by atoms with van der Waals surface area (Å²) in [6.45, 7) is 5.27. The number of hydrogen-bond acceptors (Lipinski definition) is 2. The zero-order valence-electron chi connectivity index (χ0n) is 11.0. The lowest BCUT2D eigenvalue weighted by molar-refractivity contribution is -0.138. The van der Waals surface area contributed by atoms with E-state index in [0.29, 0.717) is 11.6 Å². The first kappa shape index (κ1) is 12.8. The van der Waals surface area contributed by atoms with Gasteiger partial charge in [-0.1, -0.05) is 6.07 Å². The standard InChI is InChI=1S/C14H17F3N2/c1-8-3-10-4-11-7-18-6-9(2)19(11)13(10)5-12(8)14(15,16)17/h3,5,9,11,18H,4,6-7H2,1-2H3/t9-,11-/m1/s1. The Morgan fingerprint density at radius 3 is 2.68 bits per heavy atom. The Bertz CT molecular complexity index is 510. The number of aryl methyl sites for hydroxylation is 1. The maximum atomic E-state index is 13.0. The van der Waals surface area contributed by atoms with Crippen LogP contribution in [0.25, 0.3) is 0 Å². The van der Waals surface area contributed by atoms with Crippen LogP contribution in [-0.4, -0.2) is 25.2 Å². The highest BCUT2D eigenvalue weighted by Gasteiger charge is 2.39. The summed E-state index contributed by atoms with van der Waals surface area (Å²) in [6.07, 6.45) is -3.43. The van der Waals surface area contributed by atoms with Gasteiger partial charge >= 0.3 is 6.18 Å². The highest BCUT2D eigenvalue weighted by molar-refractivity contribution is 5.64. The quantitative estimate of drug-likeness (QED) is 0.780. The van der Waals surface area contributed by atoms with Crippen LogP contribution in [0.5, 0.6) is 0 Å². The van der Waals surface area contributed by atoms with E-state index < -0.39 is 11.7 Å². The van der Waals surface area contributed by atoms with Crippen LogP contribution in [0.1, 0.15) is 23.6 Å². The number of benzene rings is 1. The van der Waals surface area contributed by atoms with E-state index in [4.69, 9.17) is 0 Å². The maximum Gasteiger partial charge on any atom is 0.416 e. The van der Waals surface area contributed by atoms with Crippen LogP contribution in [0.15, 0.2) is 12.1 Å². The van der Waals surface area contributed by atoms with Crippen LogP contribution in [0.4, 0.5) is 18.9 Å². The largest absolute Gasteiger partial charge is 0.416 e. The van der Waals surface area contributed by atoms with Gasteiger partial charge in [0, 0.05) is 30.9 Å². The van der Waals surface area contributed by atoms with Gasteiger partial charge < -0.3 is 10.2 Å². The molecule has 104 valence electrons. The second-order valence-electron chi connectivity index (χ2n) is 5.57. The van der Waals surface area contributed by atoms with Gasteiger partial charge in [-0.05, 0) is 37.5 Å². The average molecular weight is 270 g/mol. The number of anilines is 1. The molecular weight excluding hydrogens is 253 g/mol. The van der Waals surface area contributed by atoms with E-state index >= 15 is 0 Å². The fraction of sp³-hybridized carbons (Fsp3) is 0.571. The third kappa shape index (κ3) is 2.00. The molecular formula is C14H17F3N2. The number of alkyl halides is 3. The van der Waals surface area contributed by atoms with E-state index in [2.05, 4.69) is 17.1 Å². The van der Waals surface area contributed by atoms with Gasteiger partial charge in [-0.15, -0.1) is 0 Å². The second-order valence-corrected chi connectivity index (χ2v) is 5.57. The molecule has 0 saturated carbocycles. The van der Waals surface area contributed by atoms with E-state index in [-0.39, 0.29) is 6.04 Å². The molecule has 2 aliphatic heterocycles. The summed E-state index contributed by atoms with van der Waals surface area (Å²) in [5.74, 6) is 0. The van der Waals surface area contributed by atoms with Crippen molar-refractivity contribution < 1.29 is 13.2 Å². The predicted octanol–water partition coefficient (Wildman–Crippen LogP) is 2.74. The molecule has 0 bridgehead atoms. The minimum Gasteiger partial charge on any atom is -0.363 e. The summed E-state index contributed by atoms with van der Waals surface area (Å²) >= 11 is 0. The Labute approximate surface area is 110 Å². The zero-order valence-corrected chi connectivity index (χ0v) is 11.0. The molecule has 2 atom stereocenters. The molecule has 5 heteroatoms. The molecule has 0 aliphatic carbocycles. The number of fused-ring (bicyclic) bond motifs is 3. The molecule has 2 aliphatic rings. The van der Waals surface area contributed by atoms with Crippen LogP contribution in [0, 0.1) is 6.92 Å². The van der Waals surface area contributed by atoms with Gasteiger partial charge in [-0.2, -0.15) is 13.2 Å². The molecule has 0 radical (unpaired) electrons. The minimum absolute atomic E-state index is 0.240. The molecule has 1 N–H and O–H groups in total. The van der Waals surface area contributed by atoms with Gasteiger partial charge in [-0.3, -0.25) is 0 Å². The number of nitrogens with one attached hydrogen (secondary N) is 1. The van der Waals surface area contributed by atoms with E-state index in [1.807, 2.05) is 0 Å². The minimum atomic E-state index is -4.27. The highest BCUT2D eigenvalue weighted by atomic mass is 19.4. The van der Waals surface area contributed by atoms with Crippen molar-refractivity contribution in [2.24, 2.45) is 0 Å². The SMILES string of the molecule is Cc1cc2c(cc1C(F)(F)F)N1[C@@H](CNC[C@H]1C)C2. The van der Waals surface area contributed by atoms with Crippen molar-refractivity contribution in [3.63, 3.8) is 0 Å². The summed E-state index contributed by atoms with van der Waals surface area (Å²) in [4.78, 5) is 2.15. The summed E-state index contributed by atoms with van der Waals surface area (Å²) in [5.41, 5.74) is 1.65. The lowest BCUT2D eigenvalue weighted by Gasteiger charge is -2.38. The van der Waals surface area contributed by atoms with Gasteiger partial charge in [0.2, 0.25) is 0 Å². The van der Waals surface area contributed by atoms with Gasteiger partial charge in [0.1, 0.15) is 0 Å². The van der Waals surface area contributed by atoms with Crippen molar-refractivity contribution in [3.05, 3.63) is 28.8 Å². The van der Waals surface area contributed by atoms with E-state index in [9.17, 15) is 13.2 Å².